The zero-order valence-electron chi connectivity index (χ0n) is 16.2. The van der Waals surface area contributed by atoms with Crippen LogP contribution in [0.4, 0.5) is 0 Å². The Morgan fingerprint density at radius 1 is 1.29 bits per heavy atom. The third kappa shape index (κ3) is 3.78. The van der Waals surface area contributed by atoms with Crippen LogP contribution in [0, 0.1) is 12.8 Å². The minimum atomic E-state index is -0.0163. The molecule has 7 heteroatoms. The van der Waals surface area contributed by atoms with E-state index in [2.05, 4.69) is 10.1 Å². The van der Waals surface area contributed by atoms with Crippen LogP contribution in [0.2, 0.25) is 0 Å². The molecule has 1 aliphatic heterocycles. The average molecular weight is 380 g/mol. The maximum atomic E-state index is 13.0. The smallest absolute Gasteiger partial charge is 0.259 e. The van der Waals surface area contributed by atoms with Crippen LogP contribution in [-0.4, -0.2) is 52.2 Å². The molecule has 1 fully saturated rings. The Morgan fingerprint density at radius 3 is 3.00 bits per heavy atom. The number of ether oxygens (including phenoxy) is 2. The molecule has 0 aliphatic carbocycles. The van der Waals surface area contributed by atoms with Gasteiger partial charge in [-0.05, 0) is 37.5 Å². The highest BCUT2D eigenvalue weighted by atomic mass is 16.5. The van der Waals surface area contributed by atoms with Crippen molar-refractivity contribution in [3.8, 4) is 11.5 Å². The Balaban J connectivity index is 1.42. The Kier molecular flexibility index (Phi) is 5.14. The number of aromatic nitrogens is 3. The highest BCUT2D eigenvalue weighted by Crippen LogP contribution is 2.23. The molecule has 0 N–H and O–H groups in total. The highest BCUT2D eigenvalue weighted by molar-refractivity contribution is 5.99. The Morgan fingerprint density at radius 2 is 2.14 bits per heavy atom. The molecule has 1 amide bonds. The predicted octanol–water partition coefficient (Wildman–Crippen LogP) is 2.98. The molecular weight excluding hydrogens is 356 g/mol. The van der Waals surface area contributed by atoms with Crippen molar-refractivity contribution in [1.82, 2.24) is 19.5 Å². The van der Waals surface area contributed by atoms with Gasteiger partial charge in [-0.15, -0.1) is 0 Å². The van der Waals surface area contributed by atoms with Crippen molar-refractivity contribution in [2.45, 2.75) is 19.8 Å². The van der Waals surface area contributed by atoms with Crippen molar-refractivity contribution in [2.75, 3.05) is 26.8 Å². The Labute approximate surface area is 163 Å². The van der Waals surface area contributed by atoms with Crippen LogP contribution in [0.15, 0.2) is 42.9 Å². The lowest BCUT2D eigenvalue weighted by Crippen LogP contribution is -2.41. The summed E-state index contributed by atoms with van der Waals surface area (Å²) in [4.78, 5) is 19.3. The number of hydrogen-bond acceptors (Lipinski definition) is 5. The summed E-state index contributed by atoms with van der Waals surface area (Å²) in [6.45, 7) is 3.94. The average Bonchev–Trinajstić information content (AvgIpc) is 3.15. The third-order valence-electron chi connectivity index (χ3n) is 5.05. The number of amides is 1. The lowest BCUT2D eigenvalue weighted by Gasteiger charge is -2.32. The van der Waals surface area contributed by atoms with Gasteiger partial charge in [-0.2, -0.15) is 5.10 Å². The molecule has 3 aromatic rings. The number of aryl methyl sites for hydroxylation is 1. The molecule has 4 rings (SSSR count). The van der Waals surface area contributed by atoms with Crippen molar-refractivity contribution in [3.05, 3.63) is 54.0 Å². The maximum absolute atomic E-state index is 13.0. The van der Waals surface area contributed by atoms with E-state index in [9.17, 15) is 4.79 Å². The van der Waals surface area contributed by atoms with Crippen LogP contribution in [0.3, 0.4) is 0 Å². The zero-order chi connectivity index (χ0) is 19.5. The number of rotatable bonds is 5. The van der Waals surface area contributed by atoms with Gasteiger partial charge in [-0.25, -0.2) is 9.50 Å². The summed E-state index contributed by atoms with van der Waals surface area (Å²) in [6, 6.07) is 7.59. The molecule has 146 valence electrons. The van der Waals surface area contributed by atoms with E-state index in [-0.39, 0.29) is 5.91 Å². The number of carbonyl (C=O) groups excluding carboxylic acids is 1. The maximum Gasteiger partial charge on any atom is 0.259 e. The molecule has 7 nitrogen and oxygen atoms in total. The van der Waals surface area contributed by atoms with Gasteiger partial charge in [0.25, 0.3) is 5.91 Å². The van der Waals surface area contributed by atoms with Crippen LogP contribution < -0.4 is 9.47 Å². The minimum Gasteiger partial charge on any atom is -0.497 e. The molecule has 1 unspecified atom stereocenters. The minimum absolute atomic E-state index is 0.0163. The van der Waals surface area contributed by atoms with Crippen LogP contribution in [-0.2, 0) is 0 Å². The summed E-state index contributed by atoms with van der Waals surface area (Å²) in [5.41, 5.74) is 2.15. The van der Waals surface area contributed by atoms with Crippen molar-refractivity contribution in [3.63, 3.8) is 0 Å². The molecule has 0 radical (unpaired) electrons. The first-order valence-corrected chi connectivity index (χ1v) is 9.50. The van der Waals surface area contributed by atoms with E-state index in [1.807, 2.05) is 42.3 Å². The van der Waals surface area contributed by atoms with Gasteiger partial charge >= 0.3 is 0 Å². The van der Waals surface area contributed by atoms with Gasteiger partial charge in [0.05, 0.1) is 19.9 Å². The zero-order valence-corrected chi connectivity index (χ0v) is 16.2. The quantitative estimate of drug-likeness (QED) is 0.681. The summed E-state index contributed by atoms with van der Waals surface area (Å²) >= 11 is 0. The largest absolute Gasteiger partial charge is 0.497 e. The van der Waals surface area contributed by atoms with Crippen molar-refractivity contribution in [1.29, 1.82) is 0 Å². The lowest BCUT2D eigenvalue weighted by atomic mass is 9.98. The summed E-state index contributed by atoms with van der Waals surface area (Å²) in [5.74, 6) is 1.83. The fraction of sp³-hybridized carbons (Fsp3) is 0.381. The molecule has 1 aliphatic rings. The third-order valence-corrected chi connectivity index (χ3v) is 5.05. The first-order chi connectivity index (χ1) is 13.6. The van der Waals surface area contributed by atoms with Gasteiger partial charge in [0.2, 0.25) is 0 Å². The first-order valence-electron chi connectivity index (χ1n) is 9.50. The molecule has 0 spiro atoms. The number of piperidine rings is 1. The molecule has 0 bridgehead atoms. The van der Waals surface area contributed by atoms with E-state index in [1.54, 1.807) is 24.0 Å². The number of carbonyl (C=O) groups is 1. The molecule has 3 heterocycles. The summed E-state index contributed by atoms with van der Waals surface area (Å²) in [5, 5.41) is 4.28. The Bertz CT molecular complexity index is 985. The van der Waals surface area contributed by atoms with Gasteiger partial charge < -0.3 is 14.4 Å². The fourth-order valence-electron chi connectivity index (χ4n) is 3.58. The second-order valence-electron chi connectivity index (χ2n) is 7.21. The van der Waals surface area contributed by atoms with E-state index in [1.165, 1.54) is 0 Å². The van der Waals surface area contributed by atoms with Gasteiger partial charge in [0.15, 0.2) is 5.65 Å². The normalized spacial score (nSPS) is 16.9. The first kappa shape index (κ1) is 18.3. The number of benzene rings is 1. The van der Waals surface area contributed by atoms with Gasteiger partial charge in [0, 0.05) is 37.5 Å². The molecule has 1 saturated heterocycles. The van der Waals surface area contributed by atoms with E-state index < -0.39 is 0 Å². The molecule has 1 atom stereocenters. The van der Waals surface area contributed by atoms with Crippen molar-refractivity contribution >= 4 is 11.6 Å². The van der Waals surface area contributed by atoms with Gasteiger partial charge in [-0.1, -0.05) is 6.07 Å². The lowest BCUT2D eigenvalue weighted by molar-refractivity contribution is 0.0635. The standard InChI is InChI=1S/C21H24N4O3/c1-15-10-22-20-19(11-23-25(20)12-15)21(26)24-8-4-5-16(13-24)14-28-18-7-3-6-17(9-18)27-2/h3,6-7,9-12,16H,4-5,8,13-14H2,1-2H3. The van der Waals surface area contributed by atoms with E-state index in [0.29, 0.717) is 30.3 Å². The van der Waals surface area contributed by atoms with Gasteiger partial charge in [-0.3, -0.25) is 4.79 Å². The van der Waals surface area contributed by atoms with Crippen LogP contribution in [0.5, 0.6) is 11.5 Å². The fourth-order valence-corrected chi connectivity index (χ4v) is 3.58. The van der Waals surface area contributed by atoms with Crippen LogP contribution >= 0.6 is 0 Å². The molecular formula is C21H24N4O3. The van der Waals surface area contributed by atoms with E-state index in [0.717, 1.165) is 36.4 Å². The van der Waals surface area contributed by atoms with E-state index in [4.69, 9.17) is 9.47 Å². The van der Waals surface area contributed by atoms with E-state index >= 15 is 0 Å². The molecule has 2 aromatic heterocycles. The summed E-state index contributed by atoms with van der Waals surface area (Å²) in [6.07, 6.45) is 7.25. The van der Waals surface area contributed by atoms with Crippen molar-refractivity contribution in [2.24, 2.45) is 5.92 Å². The second-order valence-corrected chi connectivity index (χ2v) is 7.21. The number of methoxy groups -OCH3 is 1. The summed E-state index contributed by atoms with van der Waals surface area (Å²) < 4.78 is 12.8. The number of hydrogen-bond donors (Lipinski definition) is 0. The SMILES string of the molecule is COc1cccc(OCC2CCCN(C(=O)c3cnn4cc(C)cnc34)C2)c1. The molecule has 1 aromatic carbocycles. The molecule has 28 heavy (non-hydrogen) atoms. The van der Waals surface area contributed by atoms with Crippen LogP contribution in [0.1, 0.15) is 28.8 Å². The Hall–Kier alpha value is -3.09. The predicted molar refractivity (Wildman–Crippen MR) is 105 cm³/mol. The number of nitrogens with zero attached hydrogens (tertiary/aromatic N) is 4. The topological polar surface area (TPSA) is 69.0 Å². The van der Waals surface area contributed by atoms with Gasteiger partial charge in [0.1, 0.15) is 17.1 Å². The molecule has 0 saturated carbocycles. The summed E-state index contributed by atoms with van der Waals surface area (Å²) in [7, 11) is 1.64. The van der Waals surface area contributed by atoms with Crippen molar-refractivity contribution < 1.29 is 14.3 Å². The highest BCUT2D eigenvalue weighted by Gasteiger charge is 2.27. The number of fused-ring (bicyclic) bond motifs is 1. The number of likely N-dealkylation sites (tertiary alicyclic amines) is 1. The van der Waals surface area contributed by atoms with Crippen LogP contribution in [0.25, 0.3) is 5.65 Å². The second kappa shape index (κ2) is 7.88. The monoisotopic (exact) mass is 380 g/mol.